The van der Waals surface area contributed by atoms with Gasteiger partial charge in [0.25, 0.3) is 5.91 Å². The van der Waals surface area contributed by atoms with Gasteiger partial charge >= 0.3 is 0 Å². The van der Waals surface area contributed by atoms with Gasteiger partial charge in [-0.25, -0.2) is 9.97 Å². The Morgan fingerprint density at radius 1 is 1.24 bits per heavy atom. The standard InChI is InChI=1S/C15H19N5O/c1-3-6-17-15-19-11(2)9-13(20-15)14(21)18-10-12-4-7-16-8-5-12/h4-5,7-9H,3,6,10H2,1-2H3,(H,18,21)(H,17,19,20). The summed E-state index contributed by atoms with van der Waals surface area (Å²) in [7, 11) is 0. The van der Waals surface area contributed by atoms with E-state index in [0.29, 0.717) is 18.2 Å². The van der Waals surface area contributed by atoms with Crippen molar-refractivity contribution in [2.24, 2.45) is 0 Å². The molecule has 2 aromatic heterocycles. The monoisotopic (exact) mass is 285 g/mol. The van der Waals surface area contributed by atoms with Gasteiger partial charge in [0, 0.05) is 31.2 Å². The van der Waals surface area contributed by atoms with Gasteiger partial charge in [-0.1, -0.05) is 6.92 Å². The molecule has 0 spiro atoms. The molecular formula is C15H19N5O. The summed E-state index contributed by atoms with van der Waals surface area (Å²) in [6.45, 7) is 5.13. The van der Waals surface area contributed by atoms with E-state index in [4.69, 9.17) is 0 Å². The van der Waals surface area contributed by atoms with Crippen LogP contribution in [-0.2, 0) is 6.54 Å². The van der Waals surface area contributed by atoms with Crippen LogP contribution in [0.4, 0.5) is 5.95 Å². The van der Waals surface area contributed by atoms with Crippen molar-refractivity contribution in [1.82, 2.24) is 20.3 Å². The number of aromatic nitrogens is 3. The second-order valence-electron chi connectivity index (χ2n) is 4.68. The molecular weight excluding hydrogens is 266 g/mol. The Morgan fingerprint density at radius 2 is 2.00 bits per heavy atom. The maximum Gasteiger partial charge on any atom is 0.270 e. The Hall–Kier alpha value is -2.50. The van der Waals surface area contributed by atoms with Crippen LogP contribution in [0.2, 0.25) is 0 Å². The van der Waals surface area contributed by atoms with Crippen molar-refractivity contribution in [3.8, 4) is 0 Å². The van der Waals surface area contributed by atoms with Crippen LogP contribution in [0, 0.1) is 6.92 Å². The highest BCUT2D eigenvalue weighted by molar-refractivity contribution is 5.92. The lowest BCUT2D eigenvalue weighted by Gasteiger charge is -2.08. The highest BCUT2D eigenvalue weighted by Crippen LogP contribution is 2.05. The van der Waals surface area contributed by atoms with Crippen LogP contribution >= 0.6 is 0 Å². The number of amides is 1. The van der Waals surface area contributed by atoms with E-state index in [1.807, 2.05) is 19.1 Å². The fraction of sp³-hybridized carbons (Fsp3) is 0.333. The zero-order chi connectivity index (χ0) is 15.1. The molecule has 0 unspecified atom stereocenters. The lowest BCUT2D eigenvalue weighted by molar-refractivity contribution is 0.0945. The minimum absolute atomic E-state index is 0.211. The smallest absolute Gasteiger partial charge is 0.270 e. The van der Waals surface area contributed by atoms with E-state index < -0.39 is 0 Å². The number of carbonyl (C=O) groups excluding carboxylic acids is 1. The van der Waals surface area contributed by atoms with Gasteiger partial charge in [0.15, 0.2) is 0 Å². The largest absolute Gasteiger partial charge is 0.354 e. The van der Waals surface area contributed by atoms with E-state index in [9.17, 15) is 4.79 Å². The summed E-state index contributed by atoms with van der Waals surface area (Å²) < 4.78 is 0. The van der Waals surface area contributed by atoms with E-state index in [-0.39, 0.29) is 5.91 Å². The molecule has 2 rings (SSSR count). The third-order valence-corrected chi connectivity index (χ3v) is 2.82. The van der Waals surface area contributed by atoms with Crippen LogP contribution < -0.4 is 10.6 Å². The van der Waals surface area contributed by atoms with Crippen molar-refractivity contribution < 1.29 is 4.79 Å². The van der Waals surface area contributed by atoms with Crippen LogP contribution in [-0.4, -0.2) is 27.4 Å². The Morgan fingerprint density at radius 3 is 2.71 bits per heavy atom. The lowest BCUT2D eigenvalue weighted by Crippen LogP contribution is -2.24. The normalized spacial score (nSPS) is 10.2. The third kappa shape index (κ3) is 4.52. The molecule has 2 N–H and O–H groups in total. The number of nitrogens with one attached hydrogen (secondary N) is 2. The summed E-state index contributed by atoms with van der Waals surface area (Å²) in [6.07, 6.45) is 4.37. The minimum atomic E-state index is -0.211. The van der Waals surface area contributed by atoms with E-state index in [0.717, 1.165) is 24.2 Å². The zero-order valence-electron chi connectivity index (χ0n) is 12.3. The van der Waals surface area contributed by atoms with Gasteiger partial charge < -0.3 is 10.6 Å². The van der Waals surface area contributed by atoms with Crippen LogP contribution in [0.25, 0.3) is 0 Å². The fourth-order valence-electron chi connectivity index (χ4n) is 1.77. The Bertz CT molecular complexity index is 600. The second kappa shape index (κ2) is 7.33. The fourth-order valence-corrected chi connectivity index (χ4v) is 1.77. The van der Waals surface area contributed by atoms with Crippen LogP contribution in [0.1, 0.15) is 35.1 Å². The van der Waals surface area contributed by atoms with Gasteiger partial charge in [-0.3, -0.25) is 9.78 Å². The summed E-state index contributed by atoms with van der Waals surface area (Å²) in [5, 5.41) is 5.93. The predicted molar refractivity (Wildman–Crippen MR) is 81.0 cm³/mol. The van der Waals surface area contributed by atoms with E-state index >= 15 is 0 Å². The molecule has 2 heterocycles. The van der Waals surface area contributed by atoms with Crippen molar-refractivity contribution in [2.45, 2.75) is 26.8 Å². The molecule has 0 saturated heterocycles. The summed E-state index contributed by atoms with van der Waals surface area (Å²) >= 11 is 0. The second-order valence-corrected chi connectivity index (χ2v) is 4.68. The minimum Gasteiger partial charge on any atom is -0.354 e. The van der Waals surface area contributed by atoms with Gasteiger partial charge in [-0.05, 0) is 37.1 Å². The molecule has 0 radical (unpaired) electrons. The average molecular weight is 285 g/mol. The van der Waals surface area contributed by atoms with E-state index in [1.165, 1.54) is 0 Å². The number of carbonyl (C=O) groups is 1. The number of hydrogen-bond acceptors (Lipinski definition) is 5. The Kier molecular flexibility index (Phi) is 5.20. The molecule has 21 heavy (non-hydrogen) atoms. The van der Waals surface area contributed by atoms with Crippen molar-refractivity contribution in [1.29, 1.82) is 0 Å². The molecule has 0 fully saturated rings. The van der Waals surface area contributed by atoms with Crippen LogP contribution in [0.3, 0.4) is 0 Å². The van der Waals surface area contributed by atoms with Crippen molar-refractivity contribution in [3.05, 3.63) is 47.5 Å². The molecule has 0 bridgehead atoms. The highest BCUT2D eigenvalue weighted by Gasteiger charge is 2.10. The van der Waals surface area contributed by atoms with E-state index in [1.54, 1.807) is 18.5 Å². The summed E-state index contributed by atoms with van der Waals surface area (Å²) in [5.41, 5.74) is 2.13. The average Bonchev–Trinajstić information content (AvgIpc) is 2.51. The number of nitrogens with zero attached hydrogens (tertiary/aromatic N) is 3. The molecule has 0 aliphatic rings. The van der Waals surface area contributed by atoms with Crippen molar-refractivity contribution in [2.75, 3.05) is 11.9 Å². The SMILES string of the molecule is CCCNc1nc(C)cc(C(=O)NCc2ccncc2)n1. The van der Waals surface area contributed by atoms with Crippen molar-refractivity contribution in [3.63, 3.8) is 0 Å². The number of anilines is 1. The molecule has 2 aromatic rings. The molecule has 6 nitrogen and oxygen atoms in total. The van der Waals surface area contributed by atoms with Crippen LogP contribution in [0.15, 0.2) is 30.6 Å². The van der Waals surface area contributed by atoms with Gasteiger partial charge in [-0.15, -0.1) is 0 Å². The number of rotatable bonds is 6. The van der Waals surface area contributed by atoms with Gasteiger partial charge in [0.1, 0.15) is 5.69 Å². The third-order valence-electron chi connectivity index (χ3n) is 2.82. The predicted octanol–water partition coefficient (Wildman–Crippen LogP) is 1.93. The molecule has 0 aliphatic heterocycles. The number of aryl methyl sites for hydroxylation is 1. The van der Waals surface area contributed by atoms with Gasteiger partial charge in [0.2, 0.25) is 5.95 Å². The molecule has 0 atom stereocenters. The molecule has 0 aliphatic carbocycles. The summed E-state index contributed by atoms with van der Waals surface area (Å²) in [5.74, 6) is 0.280. The maximum atomic E-state index is 12.2. The molecule has 0 saturated carbocycles. The highest BCUT2D eigenvalue weighted by atomic mass is 16.1. The molecule has 1 amide bonds. The first-order chi connectivity index (χ1) is 10.2. The number of hydrogen-bond donors (Lipinski definition) is 2. The zero-order valence-corrected chi connectivity index (χ0v) is 12.3. The Labute approximate surface area is 124 Å². The first-order valence-electron chi connectivity index (χ1n) is 6.95. The Balaban J connectivity index is 2.03. The lowest BCUT2D eigenvalue weighted by atomic mass is 10.2. The summed E-state index contributed by atoms with van der Waals surface area (Å²) in [6, 6.07) is 5.40. The van der Waals surface area contributed by atoms with Gasteiger partial charge in [0.05, 0.1) is 0 Å². The number of pyridine rings is 1. The first kappa shape index (κ1) is 14.9. The molecule has 0 aromatic carbocycles. The van der Waals surface area contributed by atoms with Gasteiger partial charge in [-0.2, -0.15) is 0 Å². The quantitative estimate of drug-likeness (QED) is 0.847. The van der Waals surface area contributed by atoms with Crippen molar-refractivity contribution >= 4 is 11.9 Å². The molecule has 6 heteroatoms. The van der Waals surface area contributed by atoms with E-state index in [2.05, 4.69) is 32.5 Å². The maximum absolute atomic E-state index is 12.2. The molecule has 110 valence electrons. The summed E-state index contributed by atoms with van der Waals surface area (Å²) in [4.78, 5) is 24.6. The topological polar surface area (TPSA) is 79.8 Å². The first-order valence-corrected chi connectivity index (χ1v) is 6.95. The van der Waals surface area contributed by atoms with Crippen LogP contribution in [0.5, 0.6) is 0 Å².